The van der Waals surface area contributed by atoms with Gasteiger partial charge in [0, 0.05) is 18.0 Å². The van der Waals surface area contributed by atoms with Crippen molar-refractivity contribution in [3.8, 4) is 0 Å². The Kier molecular flexibility index (Phi) is 4.93. The molecule has 0 aliphatic heterocycles. The van der Waals surface area contributed by atoms with E-state index in [2.05, 4.69) is 15.3 Å². The third-order valence-electron chi connectivity index (χ3n) is 2.07. The van der Waals surface area contributed by atoms with E-state index >= 15 is 0 Å². The number of carbonyl (C=O) groups is 1. The molecule has 1 rings (SSSR count). The SMILES string of the molecule is [N-]=[N+]=NCCNC(C(=O)O)c1ccc(F)cc1. The molecule has 0 heterocycles. The molecule has 1 aromatic rings. The molecule has 1 atom stereocenters. The molecule has 0 spiro atoms. The highest BCUT2D eigenvalue weighted by molar-refractivity contribution is 5.75. The Morgan fingerprint density at radius 1 is 1.53 bits per heavy atom. The monoisotopic (exact) mass is 238 g/mol. The number of nitrogens with one attached hydrogen (secondary N) is 1. The number of rotatable bonds is 6. The number of carboxylic acid groups (broad SMARTS) is 1. The predicted molar refractivity (Wildman–Crippen MR) is 58.8 cm³/mol. The normalized spacial score (nSPS) is 11.6. The van der Waals surface area contributed by atoms with E-state index in [9.17, 15) is 9.18 Å². The Labute approximate surface area is 96.7 Å². The van der Waals surface area contributed by atoms with Crippen LogP contribution in [0.25, 0.3) is 10.4 Å². The number of benzene rings is 1. The molecule has 0 saturated heterocycles. The average molecular weight is 238 g/mol. The maximum atomic E-state index is 12.7. The highest BCUT2D eigenvalue weighted by atomic mass is 19.1. The summed E-state index contributed by atoms with van der Waals surface area (Å²) in [5.74, 6) is -1.50. The van der Waals surface area contributed by atoms with E-state index in [1.807, 2.05) is 0 Å². The van der Waals surface area contributed by atoms with Crippen LogP contribution in [0.2, 0.25) is 0 Å². The summed E-state index contributed by atoms with van der Waals surface area (Å²) in [6.45, 7) is 0.389. The first-order valence-electron chi connectivity index (χ1n) is 4.87. The lowest BCUT2D eigenvalue weighted by Crippen LogP contribution is -2.30. The molecule has 0 aliphatic rings. The van der Waals surface area contributed by atoms with E-state index in [4.69, 9.17) is 10.6 Å². The van der Waals surface area contributed by atoms with E-state index in [0.29, 0.717) is 5.56 Å². The van der Waals surface area contributed by atoms with Gasteiger partial charge in [-0.2, -0.15) is 0 Å². The van der Waals surface area contributed by atoms with Crippen molar-refractivity contribution in [2.24, 2.45) is 5.11 Å². The van der Waals surface area contributed by atoms with Crippen molar-refractivity contribution in [1.82, 2.24) is 5.32 Å². The third-order valence-corrected chi connectivity index (χ3v) is 2.07. The van der Waals surface area contributed by atoms with Crippen LogP contribution in [0.3, 0.4) is 0 Å². The Balaban J connectivity index is 2.68. The number of aliphatic carboxylic acids is 1. The van der Waals surface area contributed by atoms with Crippen LogP contribution in [0.15, 0.2) is 29.4 Å². The number of nitrogens with zero attached hydrogens (tertiary/aromatic N) is 3. The second kappa shape index (κ2) is 6.47. The number of halogens is 1. The summed E-state index contributed by atoms with van der Waals surface area (Å²) in [7, 11) is 0. The molecule has 6 nitrogen and oxygen atoms in total. The zero-order chi connectivity index (χ0) is 12.7. The van der Waals surface area contributed by atoms with Gasteiger partial charge in [-0.05, 0) is 23.2 Å². The van der Waals surface area contributed by atoms with Gasteiger partial charge in [0.1, 0.15) is 11.9 Å². The zero-order valence-electron chi connectivity index (χ0n) is 8.88. The van der Waals surface area contributed by atoms with Gasteiger partial charge >= 0.3 is 5.97 Å². The molecule has 17 heavy (non-hydrogen) atoms. The van der Waals surface area contributed by atoms with Crippen LogP contribution in [0.5, 0.6) is 0 Å². The molecule has 90 valence electrons. The van der Waals surface area contributed by atoms with Gasteiger partial charge in [0.25, 0.3) is 0 Å². The van der Waals surface area contributed by atoms with Crippen molar-refractivity contribution in [3.05, 3.63) is 46.1 Å². The molecule has 7 heteroatoms. The van der Waals surface area contributed by atoms with Crippen LogP contribution in [0, 0.1) is 5.82 Å². The van der Waals surface area contributed by atoms with Crippen molar-refractivity contribution in [3.63, 3.8) is 0 Å². The molecule has 0 amide bonds. The first kappa shape index (κ1) is 13.0. The smallest absolute Gasteiger partial charge is 0.325 e. The fourth-order valence-electron chi connectivity index (χ4n) is 1.31. The standard InChI is InChI=1S/C10H11FN4O2/c11-8-3-1-7(2-4-8)9(10(16)17)13-5-6-14-15-12/h1-4,9,13H,5-6H2,(H,16,17). The van der Waals surface area contributed by atoms with E-state index in [1.54, 1.807) is 0 Å². The van der Waals surface area contributed by atoms with Crippen LogP contribution in [0.1, 0.15) is 11.6 Å². The van der Waals surface area contributed by atoms with Gasteiger partial charge < -0.3 is 10.4 Å². The molecule has 1 aromatic carbocycles. The lowest BCUT2D eigenvalue weighted by atomic mass is 10.1. The van der Waals surface area contributed by atoms with E-state index in [1.165, 1.54) is 24.3 Å². The second-order valence-electron chi connectivity index (χ2n) is 3.23. The highest BCUT2D eigenvalue weighted by Gasteiger charge is 2.18. The second-order valence-corrected chi connectivity index (χ2v) is 3.23. The molecular formula is C10H11FN4O2. The molecule has 2 N–H and O–H groups in total. The molecule has 0 radical (unpaired) electrons. The number of hydrogen-bond acceptors (Lipinski definition) is 3. The summed E-state index contributed by atoms with van der Waals surface area (Å²) in [6.07, 6.45) is 0. The third kappa shape index (κ3) is 4.10. The van der Waals surface area contributed by atoms with Crippen LogP contribution >= 0.6 is 0 Å². The Hall–Kier alpha value is -2.11. The zero-order valence-corrected chi connectivity index (χ0v) is 8.88. The highest BCUT2D eigenvalue weighted by Crippen LogP contribution is 2.13. The minimum Gasteiger partial charge on any atom is -0.480 e. The summed E-state index contributed by atoms with van der Waals surface area (Å²) >= 11 is 0. The van der Waals surface area contributed by atoms with Gasteiger partial charge in [-0.15, -0.1) is 0 Å². The fraction of sp³-hybridized carbons (Fsp3) is 0.300. The van der Waals surface area contributed by atoms with E-state index in [0.717, 1.165) is 0 Å². The van der Waals surface area contributed by atoms with Gasteiger partial charge in [-0.25, -0.2) is 4.39 Å². The average Bonchev–Trinajstić information content (AvgIpc) is 2.30. The predicted octanol–water partition coefficient (Wildman–Crippen LogP) is 1.85. The largest absolute Gasteiger partial charge is 0.480 e. The lowest BCUT2D eigenvalue weighted by molar-refractivity contribution is -0.139. The van der Waals surface area contributed by atoms with Crippen molar-refractivity contribution in [2.45, 2.75) is 6.04 Å². The summed E-state index contributed by atoms with van der Waals surface area (Å²) in [4.78, 5) is 13.5. The molecule has 0 aliphatic carbocycles. The van der Waals surface area contributed by atoms with Crippen LogP contribution in [0.4, 0.5) is 4.39 Å². The van der Waals surface area contributed by atoms with Gasteiger partial charge in [-0.1, -0.05) is 17.2 Å². The van der Waals surface area contributed by atoms with Gasteiger partial charge in [-0.3, -0.25) is 4.79 Å². The van der Waals surface area contributed by atoms with Crippen molar-refractivity contribution in [1.29, 1.82) is 0 Å². The number of azide groups is 1. The van der Waals surface area contributed by atoms with Crippen molar-refractivity contribution < 1.29 is 14.3 Å². The summed E-state index contributed by atoms with van der Waals surface area (Å²) < 4.78 is 12.7. The topological polar surface area (TPSA) is 98.1 Å². The minimum absolute atomic E-state index is 0.154. The van der Waals surface area contributed by atoms with E-state index < -0.39 is 17.8 Å². The Bertz CT molecular complexity index is 428. The van der Waals surface area contributed by atoms with Crippen LogP contribution in [-0.2, 0) is 4.79 Å². The fourth-order valence-corrected chi connectivity index (χ4v) is 1.31. The minimum atomic E-state index is -1.07. The van der Waals surface area contributed by atoms with Gasteiger partial charge in [0.15, 0.2) is 0 Å². The maximum absolute atomic E-state index is 12.7. The number of hydrogen-bond donors (Lipinski definition) is 2. The summed E-state index contributed by atoms with van der Waals surface area (Å²) in [5.41, 5.74) is 8.51. The molecule has 0 bridgehead atoms. The van der Waals surface area contributed by atoms with E-state index in [-0.39, 0.29) is 13.1 Å². The summed E-state index contributed by atoms with van der Waals surface area (Å²) in [5, 5.41) is 15.0. The lowest BCUT2D eigenvalue weighted by Gasteiger charge is -2.13. The molecule has 0 fully saturated rings. The van der Waals surface area contributed by atoms with Gasteiger partial charge in [0.2, 0.25) is 0 Å². The molecule has 1 unspecified atom stereocenters. The number of carboxylic acids is 1. The van der Waals surface area contributed by atoms with Crippen molar-refractivity contribution >= 4 is 5.97 Å². The van der Waals surface area contributed by atoms with Crippen LogP contribution in [-0.4, -0.2) is 24.2 Å². The maximum Gasteiger partial charge on any atom is 0.325 e. The van der Waals surface area contributed by atoms with Crippen LogP contribution < -0.4 is 5.32 Å². The Morgan fingerprint density at radius 2 is 2.18 bits per heavy atom. The molecule has 0 aromatic heterocycles. The van der Waals surface area contributed by atoms with Gasteiger partial charge in [0.05, 0.1) is 0 Å². The quantitative estimate of drug-likeness (QED) is 0.342. The van der Waals surface area contributed by atoms with Crippen molar-refractivity contribution in [2.75, 3.05) is 13.1 Å². The summed E-state index contributed by atoms with van der Waals surface area (Å²) in [6, 6.07) is 4.24. The molecule has 0 saturated carbocycles. The first-order valence-corrected chi connectivity index (χ1v) is 4.87. The molecular weight excluding hydrogens is 227 g/mol. The Morgan fingerprint density at radius 3 is 2.71 bits per heavy atom. The first-order chi connectivity index (χ1) is 8.15.